The molecule has 1 unspecified atom stereocenters. The molecule has 0 aliphatic carbocycles. The predicted molar refractivity (Wildman–Crippen MR) is 64.1 cm³/mol. The first-order valence-corrected chi connectivity index (χ1v) is 5.66. The van der Waals surface area contributed by atoms with Crippen molar-refractivity contribution in [1.29, 1.82) is 0 Å². The average molecular weight is 226 g/mol. The molecule has 0 aliphatic heterocycles. The van der Waals surface area contributed by atoms with Crippen LogP contribution in [-0.2, 0) is 10.7 Å². The standard InChI is InChI=1S/C12H16ClNO/c1-3-9(2)12(15)14-11-6-4-5-10(7-11)8-13/h4-7,9H,3,8H2,1-2H3,(H,14,15). The maximum atomic E-state index is 11.6. The lowest BCUT2D eigenvalue weighted by Crippen LogP contribution is -2.19. The summed E-state index contributed by atoms with van der Waals surface area (Å²) < 4.78 is 0. The highest BCUT2D eigenvalue weighted by Gasteiger charge is 2.10. The van der Waals surface area contributed by atoms with E-state index in [1.54, 1.807) is 0 Å². The van der Waals surface area contributed by atoms with Crippen LogP contribution in [0.1, 0.15) is 25.8 Å². The van der Waals surface area contributed by atoms with Gasteiger partial charge in [-0.25, -0.2) is 0 Å². The smallest absolute Gasteiger partial charge is 0.227 e. The Labute approximate surface area is 95.6 Å². The Bertz CT molecular complexity index is 338. The topological polar surface area (TPSA) is 29.1 Å². The number of carbonyl (C=O) groups is 1. The molecule has 1 atom stereocenters. The fraction of sp³-hybridized carbons (Fsp3) is 0.417. The normalized spacial score (nSPS) is 12.2. The number of benzene rings is 1. The molecule has 1 aromatic rings. The van der Waals surface area contributed by atoms with Crippen LogP contribution in [0.3, 0.4) is 0 Å². The van der Waals surface area contributed by atoms with Crippen molar-refractivity contribution in [3.8, 4) is 0 Å². The Hall–Kier alpha value is -1.02. The maximum Gasteiger partial charge on any atom is 0.227 e. The Morgan fingerprint density at radius 1 is 1.53 bits per heavy atom. The number of alkyl halides is 1. The van der Waals surface area contributed by atoms with Crippen molar-refractivity contribution < 1.29 is 4.79 Å². The second-order valence-corrected chi connectivity index (χ2v) is 3.90. The highest BCUT2D eigenvalue weighted by molar-refractivity contribution is 6.17. The van der Waals surface area contributed by atoms with E-state index in [2.05, 4.69) is 5.32 Å². The summed E-state index contributed by atoms with van der Waals surface area (Å²) in [6.45, 7) is 3.92. The van der Waals surface area contributed by atoms with Gasteiger partial charge in [0.25, 0.3) is 0 Å². The number of amides is 1. The van der Waals surface area contributed by atoms with E-state index in [1.807, 2.05) is 38.1 Å². The highest BCUT2D eigenvalue weighted by atomic mass is 35.5. The summed E-state index contributed by atoms with van der Waals surface area (Å²) in [5.74, 6) is 0.571. The predicted octanol–water partition coefficient (Wildman–Crippen LogP) is 3.41. The van der Waals surface area contributed by atoms with E-state index in [0.29, 0.717) is 5.88 Å². The van der Waals surface area contributed by atoms with Gasteiger partial charge in [0, 0.05) is 17.5 Å². The van der Waals surface area contributed by atoms with E-state index in [-0.39, 0.29) is 11.8 Å². The zero-order valence-corrected chi connectivity index (χ0v) is 9.84. The van der Waals surface area contributed by atoms with Crippen molar-refractivity contribution in [3.05, 3.63) is 29.8 Å². The van der Waals surface area contributed by atoms with Crippen LogP contribution >= 0.6 is 11.6 Å². The van der Waals surface area contributed by atoms with Gasteiger partial charge in [0.1, 0.15) is 0 Å². The molecule has 1 N–H and O–H groups in total. The quantitative estimate of drug-likeness (QED) is 0.782. The van der Waals surface area contributed by atoms with E-state index in [0.717, 1.165) is 17.7 Å². The second kappa shape index (κ2) is 5.76. The number of carbonyl (C=O) groups excluding carboxylic acids is 1. The van der Waals surface area contributed by atoms with Gasteiger partial charge in [-0.15, -0.1) is 11.6 Å². The van der Waals surface area contributed by atoms with Gasteiger partial charge in [-0.05, 0) is 24.1 Å². The largest absolute Gasteiger partial charge is 0.326 e. The van der Waals surface area contributed by atoms with Gasteiger partial charge in [-0.1, -0.05) is 26.0 Å². The van der Waals surface area contributed by atoms with Gasteiger partial charge in [0.05, 0.1) is 0 Å². The van der Waals surface area contributed by atoms with Crippen LogP contribution in [0.4, 0.5) is 5.69 Å². The molecule has 0 aromatic heterocycles. The van der Waals surface area contributed by atoms with Gasteiger partial charge in [-0.3, -0.25) is 4.79 Å². The average Bonchev–Trinajstić information content (AvgIpc) is 2.28. The molecule has 0 aliphatic rings. The van der Waals surface area contributed by atoms with Crippen LogP contribution in [0.25, 0.3) is 0 Å². The zero-order valence-electron chi connectivity index (χ0n) is 9.09. The summed E-state index contributed by atoms with van der Waals surface area (Å²) >= 11 is 5.71. The van der Waals surface area contributed by atoms with Gasteiger partial charge >= 0.3 is 0 Å². The molecule has 0 fully saturated rings. The number of hydrogen-bond donors (Lipinski definition) is 1. The highest BCUT2D eigenvalue weighted by Crippen LogP contribution is 2.14. The molecule has 2 nitrogen and oxygen atoms in total. The van der Waals surface area contributed by atoms with Gasteiger partial charge in [0.2, 0.25) is 5.91 Å². The molecule has 0 heterocycles. The lowest BCUT2D eigenvalue weighted by atomic mass is 10.1. The molecule has 1 aromatic carbocycles. The zero-order chi connectivity index (χ0) is 11.3. The number of hydrogen-bond acceptors (Lipinski definition) is 1. The minimum atomic E-state index is 0.0460. The third kappa shape index (κ3) is 3.56. The molecule has 0 saturated heterocycles. The lowest BCUT2D eigenvalue weighted by Gasteiger charge is -2.10. The number of nitrogens with one attached hydrogen (secondary N) is 1. The van der Waals surface area contributed by atoms with Gasteiger partial charge < -0.3 is 5.32 Å². The van der Waals surface area contributed by atoms with Crippen LogP contribution in [0.5, 0.6) is 0 Å². The van der Waals surface area contributed by atoms with Crippen LogP contribution in [0, 0.1) is 5.92 Å². The van der Waals surface area contributed by atoms with Gasteiger partial charge in [-0.2, -0.15) is 0 Å². The second-order valence-electron chi connectivity index (χ2n) is 3.63. The van der Waals surface area contributed by atoms with E-state index in [1.165, 1.54) is 0 Å². The summed E-state index contributed by atoms with van der Waals surface area (Å²) in [6.07, 6.45) is 0.848. The molecule has 82 valence electrons. The number of anilines is 1. The van der Waals surface area contributed by atoms with Crippen LogP contribution < -0.4 is 5.32 Å². The minimum absolute atomic E-state index is 0.0460. The molecule has 3 heteroatoms. The van der Waals surface area contributed by atoms with Crippen molar-refractivity contribution in [2.75, 3.05) is 5.32 Å². The Morgan fingerprint density at radius 2 is 2.27 bits per heavy atom. The third-order valence-electron chi connectivity index (χ3n) is 2.41. The van der Waals surface area contributed by atoms with Crippen LogP contribution in [-0.4, -0.2) is 5.91 Å². The molecule has 15 heavy (non-hydrogen) atoms. The maximum absolute atomic E-state index is 11.6. The molecule has 1 amide bonds. The van der Waals surface area contributed by atoms with Crippen LogP contribution in [0.2, 0.25) is 0 Å². The van der Waals surface area contributed by atoms with Gasteiger partial charge in [0.15, 0.2) is 0 Å². The summed E-state index contributed by atoms with van der Waals surface area (Å²) in [7, 11) is 0. The van der Waals surface area contributed by atoms with E-state index < -0.39 is 0 Å². The number of rotatable bonds is 4. The molecule has 1 rings (SSSR count). The van der Waals surface area contributed by atoms with E-state index in [4.69, 9.17) is 11.6 Å². The summed E-state index contributed by atoms with van der Waals surface area (Å²) in [6, 6.07) is 7.60. The van der Waals surface area contributed by atoms with E-state index in [9.17, 15) is 4.79 Å². The monoisotopic (exact) mass is 225 g/mol. The SMILES string of the molecule is CCC(C)C(=O)Nc1cccc(CCl)c1. The molecule has 0 bridgehead atoms. The summed E-state index contributed by atoms with van der Waals surface area (Å²) in [4.78, 5) is 11.6. The minimum Gasteiger partial charge on any atom is -0.326 e. The van der Waals surface area contributed by atoms with Crippen molar-refractivity contribution in [2.24, 2.45) is 5.92 Å². The van der Waals surface area contributed by atoms with Crippen molar-refractivity contribution in [1.82, 2.24) is 0 Å². The first-order chi connectivity index (χ1) is 7.17. The Morgan fingerprint density at radius 3 is 2.87 bits per heavy atom. The van der Waals surface area contributed by atoms with Crippen molar-refractivity contribution in [3.63, 3.8) is 0 Å². The Balaban J connectivity index is 2.68. The fourth-order valence-electron chi connectivity index (χ4n) is 1.18. The number of halogens is 1. The van der Waals surface area contributed by atoms with E-state index >= 15 is 0 Å². The third-order valence-corrected chi connectivity index (χ3v) is 2.72. The first kappa shape index (κ1) is 12.1. The molecule has 0 spiro atoms. The van der Waals surface area contributed by atoms with Crippen LogP contribution in [0.15, 0.2) is 24.3 Å². The molecule has 0 radical (unpaired) electrons. The molecular formula is C12H16ClNO. The lowest BCUT2D eigenvalue weighted by molar-refractivity contribution is -0.119. The molecule has 0 saturated carbocycles. The summed E-state index contributed by atoms with van der Waals surface area (Å²) in [5.41, 5.74) is 1.83. The van der Waals surface area contributed by atoms with Crippen molar-refractivity contribution >= 4 is 23.2 Å². The van der Waals surface area contributed by atoms with Crippen molar-refractivity contribution in [2.45, 2.75) is 26.1 Å². The first-order valence-electron chi connectivity index (χ1n) is 5.13. The summed E-state index contributed by atoms with van der Waals surface area (Å²) in [5, 5.41) is 2.87. The Kier molecular flexibility index (Phi) is 4.63. The molecular weight excluding hydrogens is 210 g/mol. The fourth-order valence-corrected chi connectivity index (χ4v) is 1.35.